The molecule has 3 heterocycles. The minimum Gasteiger partial charge on any atom is -0.309 e. The molecule has 0 amide bonds. The Morgan fingerprint density at radius 1 is 0.429 bits per heavy atom. The Hall–Kier alpha value is -4.65. The van der Waals surface area contributed by atoms with Crippen molar-refractivity contribution >= 4 is 112 Å². The van der Waals surface area contributed by atoms with Gasteiger partial charge in [-0.1, -0.05) is 155 Å². The summed E-state index contributed by atoms with van der Waals surface area (Å²) in [7, 11) is 0. The Morgan fingerprint density at radius 3 is 1.52 bits per heavy atom. The van der Waals surface area contributed by atoms with Gasteiger partial charge in [-0.3, -0.25) is 0 Å². The third-order valence-corrected chi connectivity index (χ3v) is 19.2. The number of hydrogen-bond donors (Lipinski definition) is 0. The summed E-state index contributed by atoms with van der Waals surface area (Å²) in [6, 6.07) is 50.6. The van der Waals surface area contributed by atoms with Crippen LogP contribution < -0.4 is 0 Å². The first-order chi connectivity index (χ1) is 39.9. The van der Waals surface area contributed by atoms with E-state index in [4.69, 9.17) is 24.9 Å². The molecule has 3 aromatic heterocycles. The summed E-state index contributed by atoms with van der Waals surface area (Å²) in [5.74, 6) is 2.54. The molecule has 0 spiro atoms. The van der Waals surface area contributed by atoms with Crippen LogP contribution >= 0.6 is 90.4 Å². The summed E-state index contributed by atoms with van der Waals surface area (Å²) >= 11 is 10.0. The Balaban J connectivity index is 1.32. The monoisotopic (exact) mass is 1560 g/mol. The number of rotatable bonds is 16. The van der Waals surface area contributed by atoms with E-state index < -0.39 is 0 Å². The molecule has 432 valence electrons. The Kier molecular flexibility index (Phi) is 19.0. The smallest absolute Gasteiger partial charge is 0.166 e. The van der Waals surface area contributed by atoms with Gasteiger partial charge in [0.25, 0.3) is 0 Å². The molecule has 0 aliphatic heterocycles. The molecule has 0 saturated carbocycles. The van der Waals surface area contributed by atoms with E-state index in [9.17, 15) is 0 Å². The maximum Gasteiger partial charge on any atom is 0.166 e. The van der Waals surface area contributed by atoms with Crippen molar-refractivity contribution < 1.29 is 0 Å². The van der Waals surface area contributed by atoms with Crippen molar-refractivity contribution in [3.63, 3.8) is 0 Å². The molecule has 1 atom stereocenters. The van der Waals surface area contributed by atoms with E-state index in [0.717, 1.165) is 122 Å². The number of unbranched alkanes of at least 4 members (excludes halogenated alkanes) is 2. The zero-order valence-corrected chi connectivity index (χ0v) is 59.8. The molecule has 1 unspecified atom stereocenters. The lowest BCUT2D eigenvalue weighted by atomic mass is 9.85. The number of fused-ring (bicyclic) bond motifs is 3. The maximum atomic E-state index is 5.67. The van der Waals surface area contributed by atoms with Crippen LogP contribution in [0.4, 0.5) is 0 Å². The third kappa shape index (κ3) is 14.0. The number of aryl methyl sites for hydroxylation is 3. The van der Waals surface area contributed by atoms with Crippen LogP contribution in [0.25, 0.3) is 95.6 Å². The van der Waals surface area contributed by atoms with Crippen molar-refractivity contribution in [3.05, 3.63) is 183 Å². The van der Waals surface area contributed by atoms with Crippen LogP contribution in [0.1, 0.15) is 164 Å². The van der Waals surface area contributed by atoms with Crippen LogP contribution in [0.5, 0.6) is 0 Å². The first-order valence-corrected chi connectivity index (χ1v) is 34.4. The van der Waals surface area contributed by atoms with Gasteiger partial charge >= 0.3 is 0 Å². The van der Waals surface area contributed by atoms with Gasteiger partial charge in [-0.15, -0.1) is 0 Å². The van der Waals surface area contributed by atoms with E-state index in [1.54, 1.807) is 0 Å². The van der Waals surface area contributed by atoms with E-state index in [1.165, 1.54) is 51.3 Å². The van der Waals surface area contributed by atoms with Crippen LogP contribution in [-0.4, -0.2) is 29.5 Å². The van der Waals surface area contributed by atoms with Crippen LogP contribution in [0, 0.1) is 17.6 Å². The first-order valence-electron chi connectivity index (χ1n) is 29.9. The standard InChI is InChI=1S/C74H78I4N6/c1-14-17-20-45-30-49(36-56(75)32-45)64-43-63(79-68(80-64)51-31-46(21-18-15-2)33-57(76)37-51)48-23-26-67(84-65-25-22-47(62(78)19-16-3)39-59(65)60-42-53(72(5,6)7)24-27-66(60)84)61(40-48)71-82-69(50-28-44(4)29-54(34-50)73(8,9)10)81-70(83-71)52-35-55(74(11,12)13)41-58(77)38-52/h22-43,62H,14-21H2,1-13H3. The van der Waals surface area contributed by atoms with Gasteiger partial charge in [0.2, 0.25) is 0 Å². The Morgan fingerprint density at radius 2 is 0.929 bits per heavy atom. The zero-order valence-electron chi connectivity index (χ0n) is 51.1. The minimum atomic E-state index is -0.106. The van der Waals surface area contributed by atoms with E-state index in [1.807, 2.05) is 0 Å². The molecule has 0 fully saturated rings. The summed E-state index contributed by atoms with van der Waals surface area (Å²) in [5, 5.41) is 2.46. The van der Waals surface area contributed by atoms with Gasteiger partial charge in [0, 0.05) is 58.8 Å². The quantitative estimate of drug-likeness (QED) is 0.0712. The lowest BCUT2D eigenvalue weighted by molar-refractivity contribution is 0.590. The Bertz CT molecular complexity index is 3940. The van der Waals surface area contributed by atoms with Crippen LogP contribution in [0.3, 0.4) is 0 Å². The average Bonchev–Trinajstić information content (AvgIpc) is 2.33. The summed E-state index contributed by atoms with van der Waals surface area (Å²) in [6.07, 6.45) is 8.77. The van der Waals surface area contributed by atoms with E-state index in [2.05, 4.69) is 318 Å². The first kappa shape index (κ1) is 62.4. The fourth-order valence-electron chi connectivity index (χ4n) is 11.2. The van der Waals surface area contributed by atoms with Crippen molar-refractivity contribution in [3.8, 4) is 73.8 Å². The molecule has 10 rings (SSSR count). The largest absolute Gasteiger partial charge is 0.309 e. The summed E-state index contributed by atoms with van der Waals surface area (Å²) in [6.45, 7) is 29.5. The van der Waals surface area contributed by atoms with Crippen molar-refractivity contribution in [2.24, 2.45) is 0 Å². The van der Waals surface area contributed by atoms with Crippen LogP contribution in [-0.2, 0) is 29.1 Å². The molecular weight excluding hydrogens is 1480 g/mol. The number of hydrogen-bond acceptors (Lipinski definition) is 5. The number of aromatic nitrogens is 6. The topological polar surface area (TPSA) is 69.4 Å². The van der Waals surface area contributed by atoms with Crippen molar-refractivity contribution in [2.75, 3.05) is 0 Å². The Labute approximate surface area is 554 Å². The van der Waals surface area contributed by atoms with E-state index in [0.29, 0.717) is 27.2 Å². The number of alkyl halides is 1. The van der Waals surface area contributed by atoms with E-state index >= 15 is 0 Å². The van der Waals surface area contributed by atoms with Crippen LogP contribution in [0.2, 0.25) is 0 Å². The fraction of sp³-hybridized carbons (Fsp3) is 0.338. The average molecular weight is 1560 g/mol. The van der Waals surface area contributed by atoms with Gasteiger partial charge in [0.1, 0.15) is 0 Å². The number of benzene rings is 7. The zero-order chi connectivity index (χ0) is 60.0. The summed E-state index contributed by atoms with van der Waals surface area (Å²) < 4.78 is 6.36. The van der Waals surface area contributed by atoms with Gasteiger partial charge < -0.3 is 4.57 Å². The lowest BCUT2D eigenvalue weighted by Crippen LogP contribution is -2.12. The second kappa shape index (κ2) is 25.6. The molecule has 0 aliphatic rings. The molecule has 0 N–H and O–H groups in total. The molecule has 10 heteroatoms. The minimum absolute atomic E-state index is 0.0526. The molecule has 10 aromatic rings. The van der Waals surface area contributed by atoms with Gasteiger partial charge in [0.05, 0.1) is 28.1 Å². The van der Waals surface area contributed by atoms with Gasteiger partial charge in [0.15, 0.2) is 23.3 Å². The van der Waals surface area contributed by atoms with Gasteiger partial charge in [-0.2, -0.15) is 0 Å². The summed E-state index contributed by atoms with van der Waals surface area (Å²) in [4.78, 5) is 27.9. The van der Waals surface area contributed by atoms with Crippen molar-refractivity contribution in [2.45, 2.75) is 162 Å². The highest BCUT2D eigenvalue weighted by Gasteiger charge is 2.26. The fourth-order valence-corrected chi connectivity index (χ4v) is 14.4. The number of nitrogens with zero attached hydrogens (tertiary/aromatic N) is 6. The predicted molar refractivity (Wildman–Crippen MR) is 390 cm³/mol. The SMILES string of the molecule is CCCCc1cc(I)cc(-c2cc(-c3ccc(-n4c5ccc(C(I)CCC)cc5c5cc(C(C)(C)C)ccc54)c(-c4nc(-c5cc(C)cc(C(C)(C)C)c5)nc(-c5cc(I)cc(C(C)(C)C)c5)n4)c3)nc(-c3cc(I)cc(CCCC)c3)n2)c1. The van der Waals surface area contributed by atoms with Crippen molar-refractivity contribution in [1.82, 2.24) is 29.5 Å². The molecule has 84 heavy (non-hydrogen) atoms. The van der Waals surface area contributed by atoms with E-state index in [-0.39, 0.29) is 16.2 Å². The molecule has 0 saturated heterocycles. The highest BCUT2D eigenvalue weighted by molar-refractivity contribution is 14.1. The second-order valence-corrected chi connectivity index (χ2v) is 31.3. The second-order valence-electron chi connectivity index (χ2n) is 26.1. The van der Waals surface area contributed by atoms with Crippen molar-refractivity contribution in [1.29, 1.82) is 0 Å². The molecule has 0 aliphatic carbocycles. The highest BCUT2D eigenvalue weighted by atomic mass is 127. The number of halogens is 4. The molecule has 6 nitrogen and oxygen atoms in total. The lowest BCUT2D eigenvalue weighted by Gasteiger charge is -2.22. The predicted octanol–water partition coefficient (Wildman–Crippen LogP) is 22.7. The molecule has 0 radical (unpaired) electrons. The highest BCUT2D eigenvalue weighted by Crippen LogP contribution is 2.43. The normalized spacial score (nSPS) is 12.7. The molecular formula is C74H78I4N6. The molecule has 0 bridgehead atoms. The van der Waals surface area contributed by atoms with Crippen LogP contribution in [0.15, 0.2) is 133 Å². The summed E-state index contributed by atoms with van der Waals surface area (Å²) in [5.41, 5.74) is 19.4. The molecule has 7 aromatic carbocycles. The third-order valence-electron chi connectivity index (χ3n) is 16.0. The maximum absolute atomic E-state index is 5.67. The van der Waals surface area contributed by atoms with Gasteiger partial charge in [-0.25, -0.2) is 24.9 Å². The van der Waals surface area contributed by atoms with Gasteiger partial charge in [-0.05, 0) is 266 Å².